The number of methoxy groups -OCH3 is 1. The minimum Gasteiger partial charge on any atom is -0.496 e. The zero-order valence-corrected chi connectivity index (χ0v) is 14.3. The Kier molecular flexibility index (Phi) is 4.97. The maximum atomic E-state index is 12.8. The van der Waals surface area contributed by atoms with Gasteiger partial charge in [-0.25, -0.2) is 0 Å². The fraction of sp³-hybridized carbons (Fsp3) is 0.588. The molecule has 2 aliphatic rings. The van der Waals surface area contributed by atoms with Crippen LogP contribution < -0.4 is 10.5 Å². The van der Waals surface area contributed by atoms with E-state index in [2.05, 4.69) is 4.90 Å². The van der Waals surface area contributed by atoms with Crippen LogP contribution in [0.5, 0.6) is 5.75 Å². The standard InChI is InChI=1S/C17H24ClN3O2/c1-23-16-11-15(19)14(18)10-13(16)17(22)21-8-6-20(7-9-21)12-4-2-3-5-12/h10-12H,2-9,19H2,1H3. The molecule has 2 fully saturated rings. The van der Waals surface area contributed by atoms with Gasteiger partial charge in [0.2, 0.25) is 0 Å². The molecule has 1 aromatic rings. The molecule has 1 amide bonds. The highest BCUT2D eigenvalue weighted by Crippen LogP contribution is 2.30. The Labute approximate surface area is 142 Å². The van der Waals surface area contributed by atoms with Gasteiger partial charge in [0, 0.05) is 38.3 Å². The third-order valence-corrected chi connectivity index (χ3v) is 5.32. The quantitative estimate of drug-likeness (QED) is 0.861. The molecule has 0 spiro atoms. The van der Waals surface area contributed by atoms with Gasteiger partial charge in [-0.1, -0.05) is 24.4 Å². The van der Waals surface area contributed by atoms with Gasteiger partial charge in [-0.2, -0.15) is 0 Å². The molecule has 1 saturated heterocycles. The van der Waals surface area contributed by atoms with Crippen molar-refractivity contribution in [2.24, 2.45) is 0 Å². The molecule has 0 aromatic heterocycles. The van der Waals surface area contributed by atoms with Crippen molar-refractivity contribution < 1.29 is 9.53 Å². The normalized spacial score (nSPS) is 20.0. The fourth-order valence-electron chi connectivity index (χ4n) is 3.64. The van der Waals surface area contributed by atoms with Gasteiger partial charge in [-0.3, -0.25) is 9.69 Å². The fourth-order valence-corrected chi connectivity index (χ4v) is 3.80. The zero-order valence-electron chi connectivity index (χ0n) is 13.6. The van der Waals surface area contributed by atoms with Crippen molar-refractivity contribution in [3.8, 4) is 5.75 Å². The summed E-state index contributed by atoms with van der Waals surface area (Å²) in [7, 11) is 1.54. The number of nitrogens with two attached hydrogens (primary N) is 1. The lowest BCUT2D eigenvalue weighted by atomic mass is 10.1. The number of anilines is 1. The third kappa shape index (κ3) is 3.40. The zero-order chi connectivity index (χ0) is 16.4. The Morgan fingerprint density at radius 2 is 1.87 bits per heavy atom. The van der Waals surface area contributed by atoms with Crippen molar-refractivity contribution in [2.75, 3.05) is 39.0 Å². The monoisotopic (exact) mass is 337 g/mol. The predicted octanol–water partition coefficient (Wildman–Crippen LogP) is 2.63. The lowest BCUT2D eigenvalue weighted by molar-refractivity contribution is 0.0570. The van der Waals surface area contributed by atoms with E-state index in [0.29, 0.717) is 28.1 Å². The van der Waals surface area contributed by atoms with E-state index in [4.69, 9.17) is 22.1 Å². The third-order valence-electron chi connectivity index (χ3n) is 4.99. The van der Waals surface area contributed by atoms with Crippen LogP contribution in [0.2, 0.25) is 5.02 Å². The molecule has 0 radical (unpaired) electrons. The van der Waals surface area contributed by atoms with Crippen LogP contribution in [0.1, 0.15) is 36.0 Å². The molecule has 1 aliphatic heterocycles. The number of hydrogen-bond acceptors (Lipinski definition) is 4. The van der Waals surface area contributed by atoms with E-state index in [1.165, 1.54) is 32.8 Å². The molecular weight excluding hydrogens is 314 g/mol. The summed E-state index contributed by atoms with van der Waals surface area (Å²) in [5.74, 6) is 0.449. The minimum absolute atomic E-state index is 0.0326. The topological polar surface area (TPSA) is 58.8 Å². The lowest BCUT2D eigenvalue weighted by Gasteiger charge is -2.38. The number of hydrogen-bond donors (Lipinski definition) is 1. The largest absolute Gasteiger partial charge is 0.496 e. The SMILES string of the molecule is COc1cc(N)c(Cl)cc1C(=O)N1CCN(C2CCCC2)CC1. The second kappa shape index (κ2) is 6.97. The van der Waals surface area contributed by atoms with Crippen LogP contribution in [0.3, 0.4) is 0 Å². The second-order valence-corrected chi connectivity index (χ2v) is 6.75. The molecule has 0 atom stereocenters. The Bertz CT molecular complexity index is 579. The van der Waals surface area contributed by atoms with E-state index in [1.54, 1.807) is 12.1 Å². The minimum atomic E-state index is -0.0326. The summed E-state index contributed by atoms with van der Waals surface area (Å²) in [4.78, 5) is 17.2. The maximum Gasteiger partial charge on any atom is 0.257 e. The summed E-state index contributed by atoms with van der Waals surface area (Å²) >= 11 is 6.08. The van der Waals surface area contributed by atoms with E-state index >= 15 is 0 Å². The molecule has 1 saturated carbocycles. The van der Waals surface area contributed by atoms with Gasteiger partial charge in [0.25, 0.3) is 5.91 Å². The van der Waals surface area contributed by atoms with Crippen LogP contribution in [0.15, 0.2) is 12.1 Å². The number of carbonyl (C=O) groups is 1. The first kappa shape index (κ1) is 16.4. The van der Waals surface area contributed by atoms with Crippen molar-refractivity contribution in [1.29, 1.82) is 0 Å². The van der Waals surface area contributed by atoms with E-state index < -0.39 is 0 Å². The molecular formula is C17H24ClN3O2. The number of piperazine rings is 1. The van der Waals surface area contributed by atoms with Crippen LogP contribution in [-0.4, -0.2) is 55.0 Å². The number of nitrogen functional groups attached to an aromatic ring is 1. The molecule has 23 heavy (non-hydrogen) atoms. The first-order valence-electron chi connectivity index (χ1n) is 8.26. The Morgan fingerprint density at radius 1 is 1.22 bits per heavy atom. The highest BCUT2D eigenvalue weighted by molar-refractivity contribution is 6.33. The number of halogens is 1. The highest BCUT2D eigenvalue weighted by Gasteiger charge is 2.29. The van der Waals surface area contributed by atoms with Gasteiger partial charge >= 0.3 is 0 Å². The smallest absolute Gasteiger partial charge is 0.257 e. The van der Waals surface area contributed by atoms with Gasteiger partial charge in [0.15, 0.2) is 0 Å². The number of amides is 1. The molecule has 3 rings (SSSR count). The molecule has 6 heteroatoms. The van der Waals surface area contributed by atoms with Crippen molar-refractivity contribution in [3.05, 3.63) is 22.7 Å². The Balaban J connectivity index is 1.68. The van der Waals surface area contributed by atoms with Gasteiger partial charge in [-0.05, 0) is 18.9 Å². The average molecular weight is 338 g/mol. The summed E-state index contributed by atoms with van der Waals surface area (Å²) in [6.07, 6.45) is 5.28. The first-order chi connectivity index (χ1) is 11.1. The van der Waals surface area contributed by atoms with Crippen LogP contribution >= 0.6 is 11.6 Å². The molecule has 1 heterocycles. The number of carbonyl (C=O) groups excluding carboxylic acids is 1. The van der Waals surface area contributed by atoms with Crippen LogP contribution in [0, 0.1) is 0 Å². The Morgan fingerprint density at radius 3 is 2.48 bits per heavy atom. The second-order valence-electron chi connectivity index (χ2n) is 6.34. The van der Waals surface area contributed by atoms with Crippen molar-refractivity contribution in [2.45, 2.75) is 31.7 Å². The van der Waals surface area contributed by atoms with Crippen LogP contribution in [0.25, 0.3) is 0 Å². The summed E-state index contributed by atoms with van der Waals surface area (Å²) in [5.41, 5.74) is 6.70. The van der Waals surface area contributed by atoms with E-state index in [-0.39, 0.29) is 5.91 Å². The van der Waals surface area contributed by atoms with E-state index in [1.807, 2.05) is 4.90 Å². The van der Waals surface area contributed by atoms with Crippen molar-refractivity contribution in [3.63, 3.8) is 0 Å². The highest BCUT2D eigenvalue weighted by atomic mass is 35.5. The lowest BCUT2D eigenvalue weighted by Crippen LogP contribution is -2.51. The summed E-state index contributed by atoms with van der Waals surface area (Å²) < 4.78 is 5.30. The molecule has 0 unspecified atom stereocenters. The van der Waals surface area contributed by atoms with E-state index in [0.717, 1.165) is 26.2 Å². The van der Waals surface area contributed by atoms with Crippen molar-refractivity contribution >= 4 is 23.2 Å². The van der Waals surface area contributed by atoms with Gasteiger partial charge < -0.3 is 15.4 Å². The Hall–Kier alpha value is -1.46. The van der Waals surface area contributed by atoms with E-state index in [9.17, 15) is 4.79 Å². The van der Waals surface area contributed by atoms with Gasteiger partial charge in [-0.15, -0.1) is 0 Å². The molecule has 2 N–H and O–H groups in total. The predicted molar refractivity (Wildman–Crippen MR) is 92.1 cm³/mol. The number of benzene rings is 1. The molecule has 5 nitrogen and oxygen atoms in total. The first-order valence-corrected chi connectivity index (χ1v) is 8.64. The number of nitrogens with zero attached hydrogens (tertiary/aromatic N) is 2. The summed E-state index contributed by atoms with van der Waals surface area (Å²) in [6.45, 7) is 3.39. The van der Waals surface area contributed by atoms with Crippen LogP contribution in [-0.2, 0) is 0 Å². The summed E-state index contributed by atoms with van der Waals surface area (Å²) in [6, 6.07) is 3.94. The molecule has 0 bridgehead atoms. The van der Waals surface area contributed by atoms with Gasteiger partial charge in [0.05, 0.1) is 23.4 Å². The average Bonchev–Trinajstić information content (AvgIpc) is 3.11. The number of rotatable bonds is 3. The summed E-state index contributed by atoms with van der Waals surface area (Å²) in [5, 5.41) is 0.388. The molecule has 1 aliphatic carbocycles. The number of ether oxygens (including phenoxy) is 1. The van der Waals surface area contributed by atoms with Gasteiger partial charge in [0.1, 0.15) is 5.75 Å². The molecule has 1 aromatic carbocycles. The van der Waals surface area contributed by atoms with Crippen molar-refractivity contribution in [1.82, 2.24) is 9.80 Å². The molecule has 126 valence electrons. The maximum absolute atomic E-state index is 12.8. The van der Waals surface area contributed by atoms with Crippen LogP contribution in [0.4, 0.5) is 5.69 Å².